The van der Waals surface area contributed by atoms with Gasteiger partial charge in [-0.2, -0.15) is 0 Å². The van der Waals surface area contributed by atoms with Gasteiger partial charge < -0.3 is 14.4 Å². The molecule has 0 bridgehead atoms. The van der Waals surface area contributed by atoms with E-state index in [1.165, 1.54) is 31.2 Å². The largest absolute Gasteiger partial charge is 0.490 e. The summed E-state index contributed by atoms with van der Waals surface area (Å²) in [5, 5.41) is 0. The van der Waals surface area contributed by atoms with Crippen molar-refractivity contribution in [1.82, 2.24) is 9.62 Å². The van der Waals surface area contributed by atoms with Gasteiger partial charge in [-0.05, 0) is 49.6 Å². The van der Waals surface area contributed by atoms with Crippen molar-refractivity contribution in [3.63, 3.8) is 0 Å². The van der Waals surface area contributed by atoms with Crippen molar-refractivity contribution >= 4 is 21.7 Å². The zero-order chi connectivity index (χ0) is 23.4. The van der Waals surface area contributed by atoms with Gasteiger partial charge >= 0.3 is 0 Å². The van der Waals surface area contributed by atoms with Crippen LogP contribution in [0.4, 0.5) is 0 Å². The summed E-state index contributed by atoms with van der Waals surface area (Å²) in [6.45, 7) is 3.28. The molecule has 1 amide bonds. The molecule has 0 spiro atoms. The number of ether oxygens (including phenoxy) is 2. The Bertz CT molecular complexity index is 1130. The highest BCUT2D eigenvalue weighted by Gasteiger charge is 2.30. The normalized spacial score (nSPS) is 18.1. The van der Waals surface area contributed by atoms with Gasteiger partial charge in [0.2, 0.25) is 15.9 Å². The molecular weight excluding hydrogens is 444 g/mol. The topological polar surface area (TPSA) is 102 Å². The van der Waals surface area contributed by atoms with Crippen LogP contribution in [-0.4, -0.2) is 51.3 Å². The number of carbonyl (C=O) groups excluding carboxylic acids is 2. The molecule has 0 unspecified atom stereocenters. The highest BCUT2D eigenvalue weighted by atomic mass is 32.2. The number of likely N-dealkylation sites (tertiary alicyclic amines) is 1. The van der Waals surface area contributed by atoms with Crippen LogP contribution in [0.25, 0.3) is 0 Å². The fourth-order valence-electron chi connectivity index (χ4n) is 4.19. The molecule has 9 heteroatoms. The van der Waals surface area contributed by atoms with E-state index in [1.807, 2.05) is 23.1 Å². The van der Waals surface area contributed by atoms with Crippen molar-refractivity contribution in [2.45, 2.75) is 43.5 Å². The number of amides is 1. The maximum absolute atomic E-state index is 12.9. The zero-order valence-corrected chi connectivity index (χ0v) is 19.4. The predicted molar refractivity (Wildman–Crippen MR) is 122 cm³/mol. The Kier molecular flexibility index (Phi) is 6.99. The molecule has 0 saturated carbocycles. The second kappa shape index (κ2) is 9.93. The molecule has 4 rings (SSSR count). The fourth-order valence-corrected chi connectivity index (χ4v) is 5.22. The van der Waals surface area contributed by atoms with Crippen molar-refractivity contribution in [3.8, 4) is 11.5 Å². The fraction of sp³-hybridized carbons (Fsp3) is 0.417. The lowest BCUT2D eigenvalue weighted by molar-refractivity contribution is -0.131. The van der Waals surface area contributed by atoms with Gasteiger partial charge in [-0.1, -0.05) is 18.2 Å². The van der Waals surface area contributed by atoms with Gasteiger partial charge in [-0.3, -0.25) is 9.59 Å². The van der Waals surface area contributed by atoms with E-state index < -0.39 is 10.0 Å². The van der Waals surface area contributed by atoms with Gasteiger partial charge in [0.1, 0.15) is 0 Å². The summed E-state index contributed by atoms with van der Waals surface area (Å²) in [6.07, 6.45) is 2.62. The molecule has 176 valence electrons. The first-order chi connectivity index (χ1) is 15.8. The third-order valence-corrected chi connectivity index (χ3v) is 7.41. The number of sulfonamides is 1. The minimum Gasteiger partial charge on any atom is -0.490 e. The summed E-state index contributed by atoms with van der Waals surface area (Å²) < 4.78 is 39.0. The second-order valence-corrected chi connectivity index (χ2v) is 10.00. The van der Waals surface area contributed by atoms with E-state index in [-0.39, 0.29) is 35.6 Å². The molecule has 1 atom stereocenters. The average molecular weight is 473 g/mol. The SMILES string of the molecule is CC(=O)c1ccc(S(=O)(=O)NCCC(=O)N2CCC[C@@H]2c2ccc3c(c2)OCCCO3)cc1. The number of rotatable bonds is 7. The van der Waals surface area contributed by atoms with Crippen molar-refractivity contribution in [2.24, 2.45) is 0 Å². The highest BCUT2D eigenvalue weighted by molar-refractivity contribution is 7.89. The van der Waals surface area contributed by atoms with E-state index in [0.29, 0.717) is 31.1 Å². The van der Waals surface area contributed by atoms with Crippen LogP contribution >= 0.6 is 0 Å². The Balaban J connectivity index is 1.37. The lowest BCUT2D eigenvalue weighted by Crippen LogP contribution is -2.34. The maximum atomic E-state index is 12.9. The Morgan fingerprint density at radius 3 is 2.48 bits per heavy atom. The van der Waals surface area contributed by atoms with Crippen molar-refractivity contribution in [1.29, 1.82) is 0 Å². The molecule has 1 fully saturated rings. The molecule has 1 saturated heterocycles. The predicted octanol–water partition coefficient (Wildman–Crippen LogP) is 3.08. The number of hydrogen-bond acceptors (Lipinski definition) is 6. The van der Waals surface area contributed by atoms with Gasteiger partial charge in [0.25, 0.3) is 0 Å². The molecule has 8 nitrogen and oxygen atoms in total. The quantitative estimate of drug-likeness (QED) is 0.622. The molecule has 2 heterocycles. The van der Waals surface area contributed by atoms with Crippen LogP contribution in [0.1, 0.15) is 54.6 Å². The molecule has 0 aromatic heterocycles. The number of nitrogens with one attached hydrogen (secondary N) is 1. The van der Waals surface area contributed by atoms with Crippen LogP contribution in [0.5, 0.6) is 11.5 Å². The molecule has 2 aliphatic heterocycles. The third-order valence-electron chi connectivity index (χ3n) is 5.93. The smallest absolute Gasteiger partial charge is 0.240 e. The van der Waals surface area contributed by atoms with Crippen molar-refractivity contribution < 1.29 is 27.5 Å². The first kappa shape index (κ1) is 23.3. The minimum atomic E-state index is -3.76. The van der Waals surface area contributed by atoms with Gasteiger partial charge in [0, 0.05) is 31.5 Å². The number of Topliss-reactive ketones (excluding diaryl/α,β-unsaturated/α-hetero) is 1. The molecule has 0 aliphatic carbocycles. The molecular formula is C24H28N2O6S. The zero-order valence-electron chi connectivity index (χ0n) is 18.6. The summed E-state index contributed by atoms with van der Waals surface area (Å²) in [7, 11) is -3.76. The second-order valence-electron chi connectivity index (χ2n) is 8.23. The monoisotopic (exact) mass is 472 g/mol. The summed E-state index contributed by atoms with van der Waals surface area (Å²) in [5.41, 5.74) is 1.44. The summed E-state index contributed by atoms with van der Waals surface area (Å²) in [6, 6.07) is 11.5. The van der Waals surface area contributed by atoms with Crippen LogP contribution in [0.2, 0.25) is 0 Å². The lowest BCUT2D eigenvalue weighted by Gasteiger charge is -2.26. The van der Waals surface area contributed by atoms with Crippen LogP contribution in [0, 0.1) is 0 Å². The first-order valence-corrected chi connectivity index (χ1v) is 12.6. The summed E-state index contributed by atoms with van der Waals surface area (Å²) in [4.78, 5) is 26.2. The Morgan fingerprint density at radius 2 is 1.76 bits per heavy atom. The number of hydrogen-bond donors (Lipinski definition) is 1. The molecule has 2 aromatic carbocycles. The van der Waals surface area contributed by atoms with Gasteiger partial charge in [0.15, 0.2) is 17.3 Å². The van der Waals surface area contributed by atoms with Crippen molar-refractivity contribution in [3.05, 3.63) is 53.6 Å². The standard InChI is InChI=1S/C24H28N2O6S/c1-17(27)18-5-8-20(9-6-18)33(29,30)25-12-11-24(28)26-13-2-4-21(26)19-7-10-22-23(16-19)32-15-3-14-31-22/h5-10,16,21,25H,2-4,11-15H2,1H3/t21-/m1/s1. The van der Waals surface area contributed by atoms with E-state index in [0.717, 1.165) is 30.6 Å². The van der Waals surface area contributed by atoms with E-state index in [1.54, 1.807) is 0 Å². The Labute approximate surface area is 193 Å². The van der Waals surface area contributed by atoms with E-state index >= 15 is 0 Å². The number of benzene rings is 2. The molecule has 33 heavy (non-hydrogen) atoms. The van der Waals surface area contributed by atoms with Gasteiger partial charge in [-0.15, -0.1) is 0 Å². The van der Waals surface area contributed by atoms with Gasteiger partial charge in [0.05, 0.1) is 24.2 Å². The van der Waals surface area contributed by atoms with E-state index in [2.05, 4.69) is 4.72 Å². The number of carbonyl (C=O) groups is 2. The summed E-state index contributed by atoms with van der Waals surface area (Å²) in [5.74, 6) is 1.19. The van der Waals surface area contributed by atoms with Crippen LogP contribution < -0.4 is 14.2 Å². The average Bonchev–Trinajstić information content (AvgIpc) is 3.18. The molecule has 0 radical (unpaired) electrons. The number of ketones is 1. The molecule has 1 N–H and O–H groups in total. The first-order valence-electron chi connectivity index (χ1n) is 11.1. The van der Waals surface area contributed by atoms with Crippen LogP contribution in [0.3, 0.4) is 0 Å². The number of nitrogens with zero attached hydrogens (tertiary/aromatic N) is 1. The molecule has 2 aliphatic rings. The van der Waals surface area contributed by atoms with E-state index in [4.69, 9.17) is 9.47 Å². The Hall–Kier alpha value is -2.91. The van der Waals surface area contributed by atoms with Gasteiger partial charge in [-0.25, -0.2) is 13.1 Å². The number of fused-ring (bicyclic) bond motifs is 1. The minimum absolute atomic E-state index is 0.0000145. The van der Waals surface area contributed by atoms with Crippen LogP contribution in [0.15, 0.2) is 47.4 Å². The maximum Gasteiger partial charge on any atom is 0.240 e. The van der Waals surface area contributed by atoms with Crippen molar-refractivity contribution in [2.75, 3.05) is 26.3 Å². The highest BCUT2D eigenvalue weighted by Crippen LogP contribution is 2.38. The Morgan fingerprint density at radius 1 is 1.03 bits per heavy atom. The van der Waals surface area contributed by atoms with Crippen LogP contribution in [-0.2, 0) is 14.8 Å². The molecule has 2 aromatic rings. The van der Waals surface area contributed by atoms with E-state index in [9.17, 15) is 18.0 Å². The summed E-state index contributed by atoms with van der Waals surface area (Å²) >= 11 is 0. The lowest BCUT2D eigenvalue weighted by atomic mass is 10.0. The third kappa shape index (κ3) is 5.36.